The summed E-state index contributed by atoms with van der Waals surface area (Å²) in [7, 11) is 0. The van der Waals surface area contributed by atoms with E-state index in [1.807, 2.05) is 20.8 Å². The van der Waals surface area contributed by atoms with Crippen molar-refractivity contribution in [1.29, 1.82) is 0 Å². The van der Waals surface area contributed by atoms with Gasteiger partial charge >= 0.3 is 6.09 Å². The highest BCUT2D eigenvalue weighted by Gasteiger charge is 2.54. The third kappa shape index (κ3) is 2.22. The molecule has 3 heterocycles. The Morgan fingerprint density at radius 2 is 2.10 bits per heavy atom. The Morgan fingerprint density at radius 1 is 1.38 bits per heavy atom. The van der Waals surface area contributed by atoms with E-state index in [0.717, 1.165) is 0 Å². The summed E-state index contributed by atoms with van der Waals surface area (Å²) in [6.45, 7) is 6.21. The van der Waals surface area contributed by atoms with E-state index in [-0.39, 0.29) is 12.5 Å². The van der Waals surface area contributed by atoms with Gasteiger partial charge in [-0.15, -0.1) is 0 Å². The maximum Gasteiger partial charge on any atom is 0.410 e. The fraction of sp³-hybridized carbons (Fsp3) is 0.571. The zero-order valence-electron chi connectivity index (χ0n) is 12.3. The topological polar surface area (TPSA) is 84.4 Å². The summed E-state index contributed by atoms with van der Waals surface area (Å²) in [6.07, 6.45) is 3.24. The second-order valence-electron chi connectivity index (χ2n) is 6.44. The van der Waals surface area contributed by atoms with Crippen LogP contribution in [0.4, 0.5) is 10.6 Å². The van der Waals surface area contributed by atoms with Crippen molar-refractivity contribution in [3.8, 4) is 0 Å². The Labute approximate surface area is 122 Å². The molecule has 1 spiro atoms. The minimum Gasteiger partial charge on any atom is -0.444 e. The number of nitrogens with one attached hydrogen (secondary N) is 1. The van der Waals surface area contributed by atoms with E-state index in [1.165, 1.54) is 0 Å². The van der Waals surface area contributed by atoms with Crippen molar-refractivity contribution in [3.05, 3.63) is 18.1 Å². The summed E-state index contributed by atoms with van der Waals surface area (Å²) in [5.41, 5.74) is -0.718. The van der Waals surface area contributed by atoms with Crippen LogP contribution in [0.2, 0.25) is 0 Å². The van der Waals surface area contributed by atoms with Crippen molar-refractivity contribution >= 4 is 17.8 Å². The molecule has 1 atom stereocenters. The predicted molar refractivity (Wildman–Crippen MR) is 74.8 cm³/mol. The van der Waals surface area contributed by atoms with Gasteiger partial charge < -0.3 is 15.0 Å². The number of amides is 2. The maximum atomic E-state index is 12.3. The number of carbonyl (C=O) groups excluding carboxylic acids is 2. The third-order valence-corrected chi connectivity index (χ3v) is 3.74. The van der Waals surface area contributed by atoms with E-state index < -0.39 is 17.1 Å². The Kier molecular flexibility index (Phi) is 2.89. The van der Waals surface area contributed by atoms with E-state index in [1.54, 1.807) is 17.3 Å². The summed E-state index contributed by atoms with van der Waals surface area (Å²) < 4.78 is 5.37. The molecule has 2 amide bonds. The lowest BCUT2D eigenvalue weighted by Gasteiger charge is -2.25. The molecular weight excluding hydrogens is 272 g/mol. The van der Waals surface area contributed by atoms with Crippen molar-refractivity contribution < 1.29 is 14.3 Å². The number of ether oxygens (including phenoxy) is 1. The van der Waals surface area contributed by atoms with Crippen molar-refractivity contribution in [2.45, 2.75) is 38.2 Å². The normalized spacial score (nSPS) is 24.1. The molecule has 7 heteroatoms. The third-order valence-electron chi connectivity index (χ3n) is 3.74. The van der Waals surface area contributed by atoms with Crippen LogP contribution in [-0.4, -0.2) is 45.6 Å². The van der Waals surface area contributed by atoms with Crippen LogP contribution in [-0.2, 0) is 14.9 Å². The minimum atomic E-state index is -0.791. The summed E-state index contributed by atoms with van der Waals surface area (Å²) in [6, 6.07) is 0. The quantitative estimate of drug-likeness (QED) is 0.778. The number of hydrogen-bond donors (Lipinski definition) is 1. The van der Waals surface area contributed by atoms with Gasteiger partial charge in [-0.05, 0) is 27.2 Å². The molecule has 0 radical (unpaired) electrons. The summed E-state index contributed by atoms with van der Waals surface area (Å²) in [5, 5.41) is 2.75. The van der Waals surface area contributed by atoms with Gasteiger partial charge in [0.25, 0.3) is 0 Å². The molecule has 1 unspecified atom stereocenters. The van der Waals surface area contributed by atoms with Crippen LogP contribution in [0.3, 0.4) is 0 Å². The van der Waals surface area contributed by atoms with Gasteiger partial charge in [0.15, 0.2) is 5.82 Å². The first kappa shape index (κ1) is 13.8. The largest absolute Gasteiger partial charge is 0.444 e. The average Bonchev–Trinajstić information content (AvgIpc) is 2.93. The molecule has 1 aromatic rings. The van der Waals surface area contributed by atoms with E-state index >= 15 is 0 Å². The standard InChI is InChI=1S/C14H18N4O3/c1-13(2,3)21-12(20)18-7-4-14(8-18)9-10(17-11(14)19)16-6-5-15-9/h5-6H,4,7-8H2,1-3H3,(H,16,17,19). The molecule has 1 N–H and O–H groups in total. The number of fused-ring (bicyclic) bond motifs is 2. The van der Waals surface area contributed by atoms with Crippen molar-refractivity contribution in [2.75, 3.05) is 18.4 Å². The van der Waals surface area contributed by atoms with E-state index in [0.29, 0.717) is 24.5 Å². The SMILES string of the molecule is CC(C)(C)OC(=O)N1CCC2(C1)C(=O)Nc1nccnc12. The lowest BCUT2D eigenvalue weighted by molar-refractivity contribution is -0.120. The van der Waals surface area contributed by atoms with Gasteiger partial charge in [-0.2, -0.15) is 0 Å². The molecule has 7 nitrogen and oxygen atoms in total. The number of hydrogen-bond acceptors (Lipinski definition) is 5. The van der Waals surface area contributed by atoms with Crippen LogP contribution >= 0.6 is 0 Å². The van der Waals surface area contributed by atoms with Gasteiger partial charge in [-0.1, -0.05) is 0 Å². The lowest BCUT2D eigenvalue weighted by atomic mass is 9.85. The first-order chi connectivity index (χ1) is 9.82. The number of aromatic nitrogens is 2. The molecule has 0 saturated carbocycles. The van der Waals surface area contributed by atoms with Crippen molar-refractivity contribution in [3.63, 3.8) is 0 Å². The van der Waals surface area contributed by atoms with Crippen LogP contribution < -0.4 is 5.32 Å². The molecular formula is C14H18N4O3. The zero-order chi connectivity index (χ0) is 15.3. The monoisotopic (exact) mass is 290 g/mol. The number of rotatable bonds is 0. The molecule has 2 aliphatic rings. The number of anilines is 1. The smallest absolute Gasteiger partial charge is 0.410 e. The van der Waals surface area contributed by atoms with Crippen molar-refractivity contribution in [1.82, 2.24) is 14.9 Å². The number of carbonyl (C=O) groups is 2. The highest BCUT2D eigenvalue weighted by Crippen LogP contribution is 2.42. The van der Waals surface area contributed by atoms with Gasteiger partial charge in [0, 0.05) is 25.5 Å². The van der Waals surface area contributed by atoms with E-state index in [2.05, 4.69) is 15.3 Å². The summed E-state index contributed by atoms with van der Waals surface area (Å²) >= 11 is 0. The molecule has 1 saturated heterocycles. The fourth-order valence-electron chi connectivity index (χ4n) is 2.79. The fourth-order valence-corrected chi connectivity index (χ4v) is 2.79. The highest BCUT2D eigenvalue weighted by molar-refractivity contribution is 6.05. The van der Waals surface area contributed by atoms with Crippen LogP contribution in [0.25, 0.3) is 0 Å². The van der Waals surface area contributed by atoms with E-state index in [9.17, 15) is 9.59 Å². The molecule has 2 aliphatic heterocycles. The second-order valence-corrected chi connectivity index (χ2v) is 6.44. The van der Waals surface area contributed by atoms with Gasteiger partial charge in [-0.25, -0.2) is 9.78 Å². The zero-order valence-corrected chi connectivity index (χ0v) is 12.3. The molecule has 1 aromatic heterocycles. The minimum absolute atomic E-state index is 0.144. The second kappa shape index (κ2) is 4.41. The van der Waals surface area contributed by atoms with Gasteiger partial charge in [0.05, 0.1) is 0 Å². The van der Waals surface area contributed by atoms with Crippen molar-refractivity contribution in [2.24, 2.45) is 0 Å². The van der Waals surface area contributed by atoms with Crippen LogP contribution in [0.15, 0.2) is 12.4 Å². The van der Waals surface area contributed by atoms with Gasteiger partial charge in [-0.3, -0.25) is 9.78 Å². The molecule has 1 fully saturated rings. The Bertz CT molecular complexity index is 610. The molecule has 0 bridgehead atoms. The Hall–Kier alpha value is -2.18. The van der Waals surface area contributed by atoms with Crippen LogP contribution in [0, 0.1) is 0 Å². The molecule has 112 valence electrons. The van der Waals surface area contributed by atoms with Gasteiger partial charge in [0.2, 0.25) is 5.91 Å². The highest BCUT2D eigenvalue weighted by atomic mass is 16.6. The van der Waals surface area contributed by atoms with Crippen LogP contribution in [0.5, 0.6) is 0 Å². The molecule has 21 heavy (non-hydrogen) atoms. The summed E-state index contributed by atoms with van der Waals surface area (Å²) in [5.74, 6) is 0.350. The number of likely N-dealkylation sites (tertiary alicyclic amines) is 1. The first-order valence-corrected chi connectivity index (χ1v) is 6.93. The van der Waals surface area contributed by atoms with E-state index in [4.69, 9.17) is 4.74 Å². The van der Waals surface area contributed by atoms with Crippen LogP contribution in [0.1, 0.15) is 32.9 Å². The lowest BCUT2D eigenvalue weighted by Crippen LogP contribution is -2.41. The average molecular weight is 290 g/mol. The molecule has 0 aromatic carbocycles. The van der Waals surface area contributed by atoms with Gasteiger partial charge in [0.1, 0.15) is 16.7 Å². The Balaban J connectivity index is 1.84. The maximum absolute atomic E-state index is 12.3. The number of nitrogens with zero attached hydrogens (tertiary/aromatic N) is 3. The predicted octanol–water partition coefficient (Wildman–Crippen LogP) is 1.31. The molecule has 0 aliphatic carbocycles. The summed E-state index contributed by atoms with van der Waals surface area (Å²) in [4.78, 5) is 34.5. The first-order valence-electron chi connectivity index (χ1n) is 6.93. The Morgan fingerprint density at radius 3 is 2.81 bits per heavy atom. The molecule has 3 rings (SSSR count).